The predicted molar refractivity (Wildman–Crippen MR) is 85.8 cm³/mol. The first-order chi connectivity index (χ1) is 10.1. The Bertz CT molecular complexity index is 663. The largest absolute Gasteiger partial charge is 0.369 e. The van der Waals surface area contributed by atoms with Crippen molar-refractivity contribution >= 4 is 33.3 Å². The number of aromatic nitrogens is 2. The molecule has 1 aliphatic rings. The first-order valence-electron chi connectivity index (χ1n) is 7.39. The van der Waals surface area contributed by atoms with Crippen molar-refractivity contribution in [2.24, 2.45) is 0 Å². The fourth-order valence-electron chi connectivity index (χ4n) is 2.30. The Labute approximate surface area is 128 Å². The summed E-state index contributed by atoms with van der Waals surface area (Å²) in [5.74, 6) is 1.04. The topological polar surface area (TPSA) is 66.9 Å². The molecule has 2 heterocycles. The molecule has 112 valence electrons. The van der Waals surface area contributed by atoms with Crippen molar-refractivity contribution in [1.29, 1.82) is 0 Å². The number of nitrogens with zero attached hydrogens (tertiary/aromatic N) is 2. The van der Waals surface area contributed by atoms with Crippen molar-refractivity contribution in [3.63, 3.8) is 0 Å². The third kappa shape index (κ3) is 3.32. The van der Waals surface area contributed by atoms with Gasteiger partial charge in [0.05, 0.1) is 5.39 Å². The average molecular weight is 304 g/mol. The maximum absolute atomic E-state index is 11.6. The zero-order chi connectivity index (χ0) is 14.8. The molecule has 0 unspecified atom stereocenters. The van der Waals surface area contributed by atoms with Crippen molar-refractivity contribution in [3.8, 4) is 0 Å². The van der Waals surface area contributed by atoms with E-state index in [1.807, 2.05) is 0 Å². The minimum atomic E-state index is 0.162. The highest BCUT2D eigenvalue weighted by Gasteiger charge is 2.22. The van der Waals surface area contributed by atoms with Gasteiger partial charge in [0.25, 0.3) is 0 Å². The number of aryl methyl sites for hydroxylation is 2. The van der Waals surface area contributed by atoms with E-state index in [0.29, 0.717) is 12.5 Å². The Morgan fingerprint density at radius 3 is 2.95 bits per heavy atom. The molecule has 6 heteroatoms. The van der Waals surface area contributed by atoms with Gasteiger partial charge in [-0.15, -0.1) is 11.3 Å². The van der Waals surface area contributed by atoms with Crippen molar-refractivity contribution in [3.05, 3.63) is 16.8 Å². The molecule has 0 spiro atoms. The second kappa shape index (κ2) is 5.97. The minimum Gasteiger partial charge on any atom is -0.369 e. The molecule has 0 saturated heterocycles. The van der Waals surface area contributed by atoms with Crippen molar-refractivity contribution in [2.45, 2.75) is 45.6 Å². The fraction of sp³-hybridized carbons (Fsp3) is 0.533. The van der Waals surface area contributed by atoms with Gasteiger partial charge >= 0.3 is 0 Å². The van der Waals surface area contributed by atoms with Crippen LogP contribution in [0.3, 0.4) is 0 Å². The highest BCUT2D eigenvalue weighted by molar-refractivity contribution is 7.18. The third-order valence-electron chi connectivity index (χ3n) is 3.78. The Hall–Kier alpha value is -1.69. The summed E-state index contributed by atoms with van der Waals surface area (Å²) >= 11 is 1.70. The number of rotatable bonds is 6. The predicted octanol–water partition coefficient (Wildman–Crippen LogP) is 2.78. The first kappa shape index (κ1) is 14.3. The summed E-state index contributed by atoms with van der Waals surface area (Å²) in [4.78, 5) is 22.6. The van der Waals surface area contributed by atoms with Crippen LogP contribution in [-0.2, 0) is 4.79 Å². The molecule has 21 heavy (non-hydrogen) atoms. The lowest BCUT2D eigenvalue weighted by molar-refractivity contribution is -0.121. The SMILES string of the molecule is Cc1sc2ncnc(NCCCC(=O)NC3CC3)c2c1C. The third-order valence-corrected chi connectivity index (χ3v) is 4.90. The number of carbonyl (C=O) groups is 1. The minimum absolute atomic E-state index is 0.162. The van der Waals surface area contributed by atoms with Gasteiger partial charge in [0, 0.05) is 23.9 Å². The molecule has 0 atom stereocenters. The molecule has 1 aliphatic carbocycles. The van der Waals surface area contributed by atoms with Crippen LogP contribution in [-0.4, -0.2) is 28.5 Å². The molecular weight excluding hydrogens is 284 g/mol. The molecule has 0 bridgehead atoms. The Balaban J connectivity index is 1.56. The van der Waals surface area contributed by atoms with E-state index in [1.54, 1.807) is 17.7 Å². The highest BCUT2D eigenvalue weighted by Crippen LogP contribution is 2.32. The zero-order valence-corrected chi connectivity index (χ0v) is 13.2. The lowest BCUT2D eigenvalue weighted by Gasteiger charge is -2.07. The van der Waals surface area contributed by atoms with Gasteiger partial charge in [0.2, 0.25) is 5.91 Å². The van der Waals surface area contributed by atoms with Gasteiger partial charge in [-0.3, -0.25) is 4.79 Å². The van der Waals surface area contributed by atoms with Gasteiger partial charge in [-0.1, -0.05) is 0 Å². The van der Waals surface area contributed by atoms with Gasteiger partial charge in [-0.25, -0.2) is 9.97 Å². The molecule has 3 rings (SSSR count). The van der Waals surface area contributed by atoms with E-state index in [-0.39, 0.29) is 5.91 Å². The number of carbonyl (C=O) groups excluding carboxylic acids is 1. The summed E-state index contributed by atoms with van der Waals surface area (Å²) in [5, 5.41) is 7.46. The van der Waals surface area contributed by atoms with Gasteiger partial charge in [-0.05, 0) is 38.7 Å². The van der Waals surface area contributed by atoms with Crippen LogP contribution in [0, 0.1) is 13.8 Å². The van der Waals surface area contributed by atoms with E-state index in [1.165, 1.54) is 10.4 Å². The number of anilines is 1. The molecule has 1 saturated carbocycles. The fourth-order valence-corrected chi connectivity index (χ4v) is 3.30. The Kier molecular flexibility index (Phi) is 4.05. The van der Waals surface area contributed by atoms with Gasteiger partial charge in [-0.2, -0.15) is 0 Å². The van der Waals surface area contributed by atoms with Crippen LogP contribution in [0.4, 0.5) is 5.82 Å². The summed E-state index contributed by atoms with van der Waals surface area (Å²) < 4.78 is 0. The number of amides is 1. The van der Waals surface area contributed by atoms with Crippen LogP contribution in [0.2, 0.25) is 0 Å². The van der Waals surface area contributed by atoms with E-state index in [0.717, 1.165) is 41.8 Å². The maximum Gasteiger partial charge on any atom is 0.220 e. The zero-order valence-electron chi connectivity index (χ0n) is 12.4. The van der Waals surface area contributed by atoms with E-state index >= 15 is 0 Å². The summed E-state index contributed by atoms with van der Waals surface area (Å²) in [6.45, 7) is 4.96. The Morgan fingerprint density at radius 2 is 2.19 bits per heavy atom. The van der Waals surface area contributed by atoms with Crippen LogP contribution in [0.15, 0.2) is 6.33 Å². The molecule has 0 aliphatic heterocycles. The number of hydrogen-bond donors (Lipinski definition) is 2. The lowest BCUT2D eigenvalue weighted by atomic mass is 10.2. The summed E-state index contributed by atoms with van der Waals surface area (Å²) in [7, 11) is 0. The van der Waals surface area contributed by atoms with Crippen LogP contribution in [0.25, 0.3) is 10.2 Å². The molecule has 2 N–H and O–H groups in total. The monoisotopic (exact) mass is 304 g/mol. The molecular formula is C15H20N4OS. The lowest BCUT2D eigenvalue weighted by Crippen LogP contribution is -2.25. The standard InChI is InChI=1S/C15H20N4OS/c1-9-10(2)21-15-13(9)14(17-8-18-15)16-7-3-4-12(20)19-11-5-6-11/h8,11H,3-7H2,1-2H3,(H,19,20)(H,16,17,18). The summed E-state index contributed by atoms with van der Waals surface area (Å²) in [6.07, 6.45) is 5.25. The van der Waals surface area contributed by atoms with E-state index in [2.05, 4.69) is 34.4 Å². The van der Waals surface area contributed by atoms with Crippen LogP contribution in [0.5, 0.6) is 0 Å². The van der Waals surface area contributed by atoms with E-state index < -0.39 is 0 Å². The second-order valence-electron chi connectivity index (χ2n) is 5.56. The van der Waals surface area contributed by atoms with Gasteiger partial charge in [0.1, 0.15) is 17.0 Å². The van der Waals surface area contributed by atoms with Gasteiger partial charge in [0.15, 0.2) is 0 Å². The quantitative estimate of drug-likeness (QED) is 0.805. The van der Waals surface area contributed by atoms with Crippen molar-refractivity contribution < 1.29 is 4.79 Å². The normalized spacial score (nSPS) is 14.4. The van der Waals surface area contributed by atoms with Crippen LogP contribution < -0.4 is 10.6 Å². The second-order valence-corrected chi connectivity index (χ2v) is 6.76. The molecule has 2 aromatic heterocycles. The average Bonchev–Trinajstić information content (AvgIpc) is 3.21. The molecule has 1 fully saturated rings. The number of fused-ring (bicyclic) bond motifs is 1. The Morgan fingerprint density at radius 1 is 1.38 bits per heavy atom. The molecule has 2 aromatic rings. The summed E-state index contributed by atoms with van der Waals surface area (Å²) in [5.41, 5.74) is 1.24. The number of thiophene rings is 1. The van der Waals surface area contributed by atoms with Gasteiger partial charge < -0.3 is 10.6 Å². The maximum atomic E-state index is 11.6. The molecule has 1 amide bonds. The highest BCUT2D eigenvalue weighted by atomic mass is 32.1. The van der Waals surface area contributed by atoms with Crippen LogP contribution >= 0.6 is 11.3 Å². The number of hydrogen-bond acceptors (Lipinski definition) is 5. The molecule has 0 radical (unpaired) electrons. The van der Waals surface area contributed by atoms with E-state index in [9.17, 15) is 4.79 Å². The van der Waals surface area contributed by atoms with E-state index in [4.69, 9.17) is 0 Å². The van der Waals surface area contributed by atoms with Crippen molar-refractivity contribution in [1.82, 2.24) is 15.3 Å². The van der Waals surface area contributed by atoms with Crippen LogP contribution in [0.1, 0.15) is 36.1 Å². The molecule has 5 nitrogen and oxygen atoms in total. The number of nitrogens with one attached hydrogen (secondary N) is 2. The molecule has 0 aromatic carbocycles. The van der Waals surface area contributed by atoms with Crippen molar-refractivity contribution in [2.75, 3.05) is 11.9 Å². The first-order valence-corrected chi connectivity index (χ1v) is 8.20. The smallest absolute Gasteiger partial charge is 0.220 e. The summed E-state index contributed by atoms with van der Waals surface area (Å²) in [6, 6.07) is 0.448.